The van der Waals surface area contributed by atoms with Gasteiger partial charge in [0.05, 0.1) is 0 Å². The molecule has 0 spiro atoms. The molecule has 0 amide bonds. The number of aliphatic hydroxyl groups excluding tert-OH is 1. The fourth-order valence-corrected chi connectivity index (χ4v) is 1.70. The highest BCUT2D eigenvalue weighted by Gasteiger charge is 2.00. The van der Waals surface area contributed by atoms with Crippen molar-refractivity contribution in [3.63, 3.8) is 0 Å². The third-order valence-corrected chi connectivity index (χ3v) is 2.85. The highest BCUT2D eigenvalue weighted by molar-refractivity contribution is 5.66. The topological polar surface area (TPSA) is 57.5 Å². The van der Waals surface area contributed by atoms with Crippen LogP contribution < -0.4 is 0 Å². The van der Waals surface area contributed by atoms with Crippen LogP contribution in [0.2, 0.25) is 0 Å². The molecule has 0 bridgehead atoms. The van der Waals surface area contributed by atoms with Crippen LogP contribution in [0.15, 0.2) is 24.8 Å². The van der Waals surface area contributed by atoms with Gasteiger partial charge < -0.3 is 10.2 Å². The Morgan fingerprint density at radius 2 is 1.90 bits per heavy atom. The molecule has 0 saturated carbocycles. The number of hydrogen-bond donors (Lipinski definition) is 2. The highest BCUT2D eigenvalue weighted by atomic mass is 16.4. The molecule has 0 aliphatic carbocycles. The van der Waals surface area contributed by atoms with Gasteiger partial charge in [0, 0.05) is 6.42 Å². The van der Waals surface area contributed by atoms with E-state index in [-0.39, 0.29) is 6.42 Å². The summed E-state index contributed by atoms with van der Waals surface area (Å²) in [5.41, 5.74) is 0. The highest BCUT2D eigenvalue weighted by Crippen LogP contribution is 2.05. The monoisotopic (exact) mass is 278 g/mol. The van der Waals surface area contributed by atoms with Crippen LogP contribution in [0.25, 0.3) is 0 Å². The zero-order chi connectivity index (χ0) is 15.1. The second-order valence-electron chi connectivity index (χ2n) is 4.77. The van der Waals surface area contributed by atoms with E-state index in [0.717, 1.165) is 38.5 Å². The average Bonchev–Trinajstić information content (AvgIpc) is 2.41. The Labute approximate surface area is 122 Å². The van der Waals surface area contributed by atoms with E-state index in [0.29, 0.717) is 12.8 Å². The molecule has 0 saturated heterocycles. The van der Waals surface area contributed by atoms with Gasteiger partial charge in [0.1, 0.15) is 6.10 Å². The van der Waals surface area contributed by atoms with Crippen LogP contribution in [0, 0.1) is 11.8 Å². The van der Waals surface area contributed by atoms with Crippen LogP contribution in [0.4, 0.5) is 0 Å². The number of rotatable bonds is 11. The van der Waals surface area contributed by atoms with Crippen LogP contribution in [-0.4, -0.2) is 22.3 Å². The number of aliphatic hydroxyl groups is 1. The number of allylic oxidation sites excluding steroid dienone is 3. The summed E-state index contributed by atoms with van der Waals surface area (Å²) in [4.78, 5) is 10.3. The smallest absolute Gasteiger partial charge is 0.303 e. The van der Waals surface area contributed by atoms with Crippen molar-refractivity contribution in [3.05, 3.63) is 24.8 Å². The minimum atomic E-state index is -0.761. The summed E-state index contributed by atoms with van der Waals surface area (Å²) in [5.74, 6) is 4.85. The van der Waals surface area contributed by atoms with Crippen molar-refractivity contribution in [1.29, 1.82) is 0 Å². The van der Waals surface area contributed by atoms with Crippen molar-refractivity contribution < 1.29 is 15.0 Å². The van der Waals surface area contributed by atoms with E-state index in [2.05, 4.69) is 18.4 Å². The zero-order valence-corrected chi connectivity index (χ0v) is 12.2. The maximum Gasteiger partial charge on any atom is 0.303 e. The fraction of sp³-hybridized carbons (Fsp3) is 0.588. The standard InChI is InChI=1S/C17H26O3/c1-2-3-4-5-6-7-8-10-13-16(18)14-11-9-12-15-17(19)20/h2,7-8,16,18H,1,3-6,9,11-12,14-15H2,(H,19,20). The van der Waals surface area contributed by atoms with Crippen molar-refractivity contribution >= 4 is 5.97 Å². The minimum absolute atomic E-state index is 0.205. The molecular formula is C17H26O3. The van der Waals surface area contributed by atoms with Crippen LogP contribution in [0.3, 0.4) is 0 Å². The van der Waals surface area contributed by atoms with E-state index >= 15 is 0 Å². The molecule has 0 heterocycles. The van der Waals surface area contributed by atoms with E-state index < -0.39 is 12.1 Å². The Kier molecular flexibility index (Phi) is 12.8. The van der Waals surface area contributed by atoms with Gasteiger partial charge in [-0.3, -0.25) is 4.79 Å². The first-order chi connectivity index (χ1) is 9.66. The number of carboxylic acid groups (broad SMARTS) is 1. The molecule has 20 heavy (non-hydrogen) atoms. The molecule has 112 valence electrons. The summed E-state index contributed by atoms with van der Waals surface area (Å²) < 4.78 is 0. The van der Waals surface area contributed by atoms with Gasteiger partial charge in [-0.1, -0.05) is 30.4 Å². The maximum absolute atomic E-state index is 10.3. The molecule has 3 heteroatoms. The predicted octanol–water partition coefficient (Wildman–Crippen LogP) is 3.69. The summed E-state index contributed by atoms with van der Waals surface area (Å²) in [5, 5.41) is 18.1. The van der Waals surface area contributed by atoms with Crippen LogP contribution in [0.1, 0.15) is 57.8 Å². The van der Waals surface area contributed by atoms with E-state index in [9.17, 15) is 9.90 Å². The Morgan fingerprint density at radius 1 is 1.15 bits per heavy atom. The lowest BCUT2D eigenvalue weighted by Crippen LogP contribution is -2.02. The normalized spacial score (nSPS) is 11.8. The van der Waals surface area contributed by atoms with Gasteiger partial charge in [-0.2, -0.15) is 0 Å². The van der Waals surface area contributed by atoms with Crippen molar-refractivity contribution in [2.24, 2.45) is 0 Å². The van der Waals surface area contributed by atoms with E-state index in [1.165, 1.54) is 0 Å². The van der Waals surface area contributed by atoms with Crippen LogP contribution >= 0.6 is 0 Å². The molecule has 0 fully saturated rings. The molecule has 0 aliphatic rings. The molecule has 0 radical (unpaired) electrons. The van der Waals surface area contributed by atoms with Gasteiger partial charge in [0.2, 0.25) is 0 Å². The van der Waals surface area contributed by atoms with E-state index in [1.807, 2.05) is 12.2 Å². The van der Waals surface area contributed by atoms with Gasteiger partial charge in [-0.05, 0) is 51.0 Å². The van der Waals surface area contributed by atoms with Gasteiger partial charge in [0.15, 0.2) is 0 Å². The predicted molar refractivity (Wildman–Crippen MR) is 82.3 cm³/mol. The summed E-state index contributed by atoms with van der Waals surface area (Å²) in [6, 6.07) is 0. The molecule has 3 nitrogen and oxygen atoms in total. The van der Waals surface area contributed by atoms with E-state index in [1.54, 1.807) is 6.08 Å². The average molecular weight is 278 g/mol. The second kappa shape index (κ2) is 13.9. The Balaban J connectivity index is 3.53. The number of carbonyl (C=O) groups is 1. The first-order valence-corrected chi connectivity index (χ1v) is 7.33. The molecule has 0 rings (SSSR count). The first kappa shape index (κ1) is 18.5. The Morgan fingerprint density at radius 3 is 2.60 bits per heavy atom. The molecule has 1 atom stereocenters. The summed E-state index contributed by atoms with van der Waals surface area (Å²) in [6.07, 6.45) is 12.6. The lowest BCUT2D eigenvalue weighted by atomic mass is 10.1. The second-order valence-corrected chi connectivity index (χ2v) is 4.77. The molecule has 2 N–H and O–H groups in total. The van der Waals surface area contributed by atoms with E-state index in [4.69, 9.17) is 5.11 Å². The first-order valence-electron chi connectivity index (χ1n) is 7.33. The van der Waals surface area contributed by atoms with Crippen molar-refractivity contribution in [1.82, 2.24) is 0 Å². The van der Waals surface area contributed by atoms with Gasteiger partial charge in [-0.15, -0.1) is 6.58 Å². The van der Waals surface area contributed by atoms with Crippen molar-refractivity contribution in [2.75, 3.05) is 0 Å². The van der Waals surface area contributed by atoms with Gasteiger partial charge >= 0.3 is 5.97 Å². The molecule has 0 aromatic rings. The molecular weight excluding hydrogens is 252 g/mol. The number of hydrogen-bond acceptors (Lipinski definition) is 2. The SMILES string of the molecule is C=CCCCCC=CC#CC(O)CCCCCC(=O)O. The number of aliphatic carboxylic acids is 1. The number of unbranched alkanes of at least 4 members (excludes halogenated alkanes) is 5. The maximum atomic E-state index is 10.3. The molecule has 0 aliphatic heterocycles. The van der Waals surface area contributed by atoms with Gasteiger partial charge in [0.25, 0.3) is 0 Å². The lowest BCUT2D eigenvalue weighted by Gasteiger charge is -2.01. The molecule has 0 aromatic carbocycles. The zero-order valence-electron chi connectivity index (χ0n) is 12.2. The van der Waals surface area contributed by atoms with Crippen LogP contribution in [0.5, 0.6) is 0 Å². The van der Waals surface area contributed by atoms with Crippen LogP contribution in [-0.2, 0) is 4.79 Å². The van der Waals surface area contributed by atoms with Crippen molar-refractivity contribution in [3.8, 4) is 11.8 Å². The summed E-state index contributed by atoms with van der Waals surface area (Å²) in [7, 11) is 0. The third-order valence-electron chi connectivity index (χ3n) is 2.85. The number of carboxylic acids is 1. The summed E-state index contributed by atoms with van der Waals surface area (Å²) >= 11 is 0. The minimum Gasteiger partial charge on any atom is -0.481 e. The van der Waals surface area contributed by atoms with Gasteiger partial charge in [-0.25, -0.2) is 0 Å². The largest absolute Gasteiger partial charge is 0.481 e. The third kappa shape index (κ3) is 14.5. The Bertz CT molecular complexity index is 347. The molecule has 1 unspecified atom stereocenters. The fourth-order valence-electron chi connectivity index (χ4n) is 1.70. The quantitative estimate of drug-likeness (QED) is 0.344. The lowest BCUT2D eigenvalue weighted by molar-refractivity contribution is -0.137. The molecule has 0 aromatic heterocycles. The Hall–Kier alpha value is -1.53. The van der Waals surface area contributed by atoms with Crippen molar-refractivity contribution in [2.45, 2.75) is 63.9 Å². The summed E-state index contributed by atoms with van der Waals surface area (Å²) in [6.45, 7) is 3.67.